The third kappa shape index (κ3) is 3.35. The van der Waals surface area contributed by atoms with E-state index in [0.29, 0.717) is 15.6 Å². The highest BCUT2D eigenvalue weighted by molar-refractivity contribution is 9.10. The Bertz CT molecular complexity index is 478. The molecule has 0 aromatic heterocycles. The minimum atomic E-state index is -0.497. The summed E-state index contributed by atoms with van der Waals surface area (Å²) in [5.74, 6) is -0.994. The monoisotopic (exact) mass is 328 g/mol. The predicted molar refractivity (Wildman–Crippen MR) is 75.5 cm³/mol. The van der Waals surface area contributed by atoms with Crippen LogP contribution in [-0.2, 0) is 14.9 Å². The van der Waals surface area contributed by atoms with E-state index >= 15 is 0 Å². The fourth-order valence-corrected chi connectivity index (χ4v) is 2.13. The van der Waals surface area contributed by atoms with Crippen molar-refractivity contribution in [2.75, 3.05) is 14.2 Å². The zero-order valence-electron chi connectivity index (χ0n) is 11.7. The molecule has 104 valence electrons. The Morgan fingerprint density at radius 1 is 1.00 bits per heavy atom. The molecule has 1 aromatic carbocycles. The Kier molecular flexibility index (Phi) is 4.74. The second-order valence-corrected chi connectivity index (χ2v) is 5.91. The molecule has 5 heteroatoms. The van der Waals surface area contributed by atoms with Gasteiger partial charge in [0.2, 0.25) is 0 Å². The molecule has 0 aliphatic heterocycles. The molecule has 0 atom stereocenters. The zero-order valence-corrected chi connectivity index (χ0v) is 13.3. The van der Waals surface area contributed by atoms with Crippen LogP contribution < -0.4 is 0 Å². The minimum absolute atomic E-state index is 0.202. The van der Waals surface area contributed by atoms with Crippen LogP contribution in [0.2, 0.25) is 0 Å². The molecule has 4 nitrogen and oxygen atoms in total. The van der Waals surface area contributed by atoms with E-state index in [1.54, 1.807) is 12.1 Å². The van der Waals surface area contributed by atoms with Gasteiger partial charge in [-0.25, -0.2) is 9.59 Å². The van der Waals surface area contributed by atoms with Gasteiger partial charge >= 0.3 is 11.9 Å². The molecule has 0 saturated carbocycles. The van der Waals surface area contributed by atoms with E-state index in [4.69, 9.17) is 9.47 Å². The molecule has 0 saturated heterocycles. The summed E-state index contributed by atoms with van der Waals surface area (Å²) in [6, 6.07) is 3.45. The fraction of sp³-hybridized carbons (Fsp3) is 0.429. The van der Waals surface area contributed by atoms with Crippen molar-refractivity contribution in [3.63, 3.8) is 0 Å². The van der Waals surface area contributed by atoms with Crippen LogP contribution in [0, 0.1) is 0 Å². The average molecular weight is 329 g/mol. The van der Waals surface area contributed by atoms with Gasteiger partial charge in [-0.05, 0) is 39.0 Å². The molecule has 0 fully saturated rings. The zero-order chi connectivity index (χ0) is 14.8. The first-order chi connectivity index (χ1) is 8.72. The number of benzene rings is 1. The summed E-state index contributed by atoms with van der Waals surface area (Å²) in [4.78, 5) is 23.5. The lowest BCUT2D eigenvalue weighted by atomic mass is 9.85. The SMILES string of the molecule is COC(=O)c1cc(C(C)(C)C)cc(C(=O)OC)c1Br. The van der Waals surface area contributed by atoms with Gasteiger partial charge in [-0.3, -0.25) is 0 Å². The molecular formula is C14H17BrO4. The second kappa shape index (κ2) is 5.74. The first kappa shape index (κ1) is 15.7. The summed E-state index contributed by atoms with van der Waals surface area (Å²) in [5.41, 5.74) is 1.29. The smallest absolute Gasteiger partial charge is 0.339 e. The molecule has 0 bridgehead atoms. The quantitative estimate of drug-likeness (QED) is 0.781. The molecule has 1 rings (SSSR count). The van der Waals surface area contributed by atoms with E-state index in [0.717, 1.165) is 5.56 Å². The number of rotatable bonds is 2. The van der Waals surface area contributed by atoms with Crippen LogP contribution in [0.3, 0.4) is 0 Å². The number of ether oxygens (including phenoxy) is 2. The molecule has 0 radical (unpaired) electrons. The van der Waals surface area contributed by atoms with Gasteiger partial charge in [-0.1, -0.05) is 20.8 Å². The van der Waals surface area contributed by atoms with Crippen molar-refractivity contribution in [3.8, 4) is 0 Å². The number of halogens is 1. The van der Waals surface area contributed by atoms with Crippen molar-refractivity contribution in [3.05, 3.63) is 33.3 Å². The first-order valence-electron chi connectivity index (χ1n) is 5.73. The lowest BCUT2D eigenvalue weighted by molar-refractivity contribution is 0.0597. The number of carbonyl (C=O) groups is 2. The van der Waals surface area contributed by atoms with E-state index in [1.807, 2.05) is 20.8 Å². The molecule has 0 heterocycles. The fourth-order valence-electron chi connectivity index (χ4n) is 1.57. The van der Waals surface area contributed by atoms with Gasteiger partial charge in [-0.2, -0.15) is 0 Å². The third-order valence-electron chi connectivity index (χ3n) is 2.75. The van der Waals surface area contributed by atoms with Crippen LogP contribution in [0.15, 0.2) is 16.6 Å². The van der Waals surface area contributed by atoms with Crippen LogP contribution in [-0.4, -0.2) is 26.2 Å². The molecule has 0 N–H and O–H groups in total. The summed E-state index contributed by atoms with van der Waals surface area (Å²) in [7, 11) is 2.60. The lowest BCUT2D eigenvalue weighted by Gasteiger charge is -2.21. The van der Waals surface area contributed by atoms with Crippen molar-refractivity contribution >= 4 is 27.9 Å². The number of hydrogen-bond donors (Lipinski definition) is 0. The van der Waals surface area contributed by atoms with E-state index in [2.05, 4.69) is 15.9 Å². The average Bonchev–Trinajstić information content (AvgIpc) is 2.35. The Morgan fingerprint density at radius 3 is 1.63 bits per heavy atom. The Labute approximate surface area is 121 Å². The maximum absolute atomic E-state index is 11.8. The highest BCUT2D eigenvalue weighted by Crippen LogP contribution is 2.31. The largest absolute Gasteiger partial charge is 0.465 e. The van der Waals surface area contributed by atoms with Crippen LogP contribution >= 0.6 is 15.9 Å². The maximum Gasteiger partial charge on any atom is 0.339 e. The number of methoxy groups -OCH3 is 2. The normalized spacial score (nSPS) is 11.1. The predicted octanol–water partition coefficient (Wildman–Crippen LogP) is 3.32. The van der Waals surface area contributed by atoms with Crippen LogP contribution in [0.5, 0.6) is 0 Å². The number of carbonyl (C=O) groups excluding carboxylic acids is 2. The molecule has 0 spiro atoms. The van der Waals surface area contributed by atoms with Crippen molar-refractivity contribution < 1.29 is 19.1 Å². The van der Waals surface area contributed by atoms with Gasteiger partial charge in [0, 0.05) is 4.47 Å². The maximum atomic E-state index is 11.8. The van der Waals surface area contributed by atoms with Gasteiger partial charge in [0.15, 0.2) is 0 Å². The molecule has 1 aromatic rings. The first-order valence-corrected chi connectivity index (χ1v) is 6.52. The highest BCUT2D eigenvalue weighted by Gasteiger charge is 2.24. The van der Waals surface area contributed by atoms with E-state index in [9.17, 15) is 9.59 Å². The Balaban J connectivity index is 3.56. The molecule has 0 amide bonds. The molecular weight excluding hydrogens is 312 g/mol. The van der Waals surface area contributed by atoms with Crippen LogP contribution in [0.25, 0.3) is 0 Å². The van der Waals surface area contributed by atoms with Crippen molar-refractivity contribution in [1.82, 2.24) is 0 Å². The summed E-state index contributed by atoms with van der Waals surface area (Å²) in [6.45, 7) is 6.00. The van der Waals surface area contributed by atoms with Gasteiger partial charge in [-0.15, -0.1) is 0 Å². The molecule has 0 aliphatic carbocycles. The van der Waals surface area contributed by atoms with Crippen LogP contribution in [0.1, 0.15) is 47.1 Å². The van der Waals surface area contributed by atoms with E-state index in [1.165, 1.54) is 14.2 Å². The van der Waals surface area contributed by atoms with E-state index < -0.39 is 11.9 Å². The second-order valence-electron chi connectivity index (χ2n) is 5.12. The highest BCUT2D eigenvalue weighted by atomic mass is 79.9. The Morgan fingerprint density at radius 2 is 1.37 bits per heavy atom. The topological polar surface area (TPSA) is 52.6 Å². The summed E-state index contributed by atoms with van der Waals surface area (Å²) in [6.07, 6.45) is 0. The molecule has 19 heavy (non-hydrogen) atoms. The summed E-state index contributed by atoms with van der Waals surface area (Å²) in [5, 5.41) is 0. The number of esters is 2. The van der Waals surface area contributed by atoms with Gasteiger partial charge < -0.3 is 9.47 Å². The van der Waals surface area contributed by atoms with Gasteiger partial charge in [0.25, 0.3) is 0 Å². The number of hydrogen-bond acceptors (Lipinski definition) is 4. The Hall–Kier alpha value is -1.36. The minimum Gasteiger partial charge on any atom is -0.465 e. The summed E-state index contributed by atoms with van der Waals surface area (Å²) < 4.78 is 9.85. The molecule has 0 aliphatic rings. The van der Waals surface area contributed by atoms with E-state index in [-0.39, 0.29) is 5.41 Å². The van der Waals surface area contributed by atoms with Gasteiger partial charge in [0.1, 0.15) is 0 Å². The van der Waals surface area contributed by atoms with Crippen molar-refractivity contribution in [2.24, 2.45) is 0 Å². The van der Waals surface area contributed by atoms with Crippen LogP contribution in [0.4, 0.5) is 0 Å². The van der Waals surface area contributed by atoms with Crippen molar-refractivity contribution in [2.45, 2.75) is 26.2 Å². The lowest BCUT2D eigenvalue weighted by Crippen LogP contribution is -2.16. The molecule has 0 unspecified atom stereocenters. The van der Waals surface area contributed by atoms with Gasteiger partial charge in [0.05, 0.1) is 25.3 Å². The third-order valence-corrected chi connectivity index (χ3v) is 3.60. The van der Waals surface area contributed by atoms with Crippen molar-refractivity contribution in [1.29, 1.82) is 0 Å². The summed E-state index contributed by atoms with van der Waals surface area (Å²) >= 11 is 3.26. The standard InChI is InChI=1S/C14H17BrO4/c1-14(2,3)8-6-9(12(16)18-4)11(15)10(7-8)13(17)19-5/h6-7H,1-5H3.